The summed E-state index contributed by atoms with van der Waals surface area (Å²) in [6, 6.07) is 9.10. The average molecular weight is 402 g/mol. The lowest BCUT2D eigenvalue weighted by Gasteiger charge is -2.36. The van der Waals surface area contributed by atoms with E-state index in [9.17, 15) is 9.59 Å². The first kappa shape index (κ1) is 20.0. The van der Waals surface area contributed by atoms with E-state index in [1.54, 1.807) is 35.6 Å². The molecule has 0 N–H and O–H groups in total. The molecule has 1 aliphatic heterocycles. The molecule has 27 heavy (non-hydrogen) atoms. The maximum atomic E-state index is 12.5. The maximum absolute atomic E-state index is 12.5. The van der Waals surface area contributed by atoms with Crippen molar-refractivity contribution in [1.82, 2.24) is 4.90 Å². The highest BCUT2D eigenvalue weighted by atomic mass is 32.1. The molecule has 2 aromatic rings. The molecule has 0 bridgehead atoms. The fraction of sp³-hybridized carbons (Fsp3) is 0.429. The summed E-state index contributed by atoms with van der Waals surface area (Å²) in [5, 5.41) is 2.31. The molecule has 0 saturated carbocycles. The SMILES string of the molecule is CC(C)(C)[Si](C)(C)OCCc1csc(CN2C(=O)c3ccccc3C2=O)c1. The third-order valence-electron chi connectivity index (χ3n) is 5.56. The van der Waals surface area contributed by atoms with Crippen molar-refractivity contribution in [2.45, 2.75) is 51.9 Å². The second-order valence-corrected chi connectivity index (χ2v) is 14.3. The zero-order valence-corrected chi connectivity index (χ0v) is 18.5. The van der Waals surface area contributed by atoms with Gasteiger partial charge in [0.1, 0.15) is 0 Å². The monoisotopic (exact) mass is 401 g/mol. The summed E-state index contributed by atoms with van der Waals surface area (Å²) in [4.78, 5) is 27.3. The number of nitrogens with zero attached hydrogens (tertiary/aromatic N) is 1. The highest BCUT2D eigenvalue weighted by molar-refractivity contribution is 7.10. The van der Waals surface area contributed by atoms with Gasteiger partial charge in [0, 0.05) is 11.5 Å². The molecule has 1 aromatic carbocycles. The Hall–Kier alpha value is -1.76. The number of thiophene rings is 1. The molecule has 3 rings (SSSR count). The summed E-state index contributed by atoms with van der Waals surface area (Å²) in [5.41, 5.74) is 2.20. The largest absolute Gasteiger partial charge is 0.416 e. The lowest BCUT2D eigenvalue weighted by molar-refractivity contribution is 0.0644. The van der Waals surface area contributed by atoms with Crippen molar-refractivity contribution >= 4 is 31.5 Å². The van der Waals surface area contributed by atoms with Crippen LogP contribution in [0.2, 0.25) is 18.1 Å². The van der Waals surface area contributed by atoms with Crippen molar-refractivity contribution in [2.75, 3.05) is 6.61 Å². The minimum atomic E-state index is -1.73. The third kappa shape index (κ3) is 4.07. The molecule has 0 aliphatic carbocycles. The number of carbonyl (C=O) groups is 2. The Morgan fingerprint density at radius 1 is 1.07 bits per heavy atom. The summed E-state index contributed by atoms with van der Waals surface area (Å²) in [7, 11) is -1.73. The zero-order valence-electron chi connectivity index (χ0n) is 16.7. The van der Waals surface area contributed by atoms with E-state index in [-0.39, 0.29) is 16.9 Å². The van der Waals surface area contributed by atoms with Crippen LogP contribution in [-0.2, 0) is 17.4 Å². The fourth-order valence-electron chi connectivity index (χ4n) is 2.82. The number of amides is 2. The quantitative estimate of drug-likeness (QED) is 0.499. The van der Waals surface area contributed by atoms with E-state index < -0.39 is 8.32 Å². The van der Waals surface area contributed by atoms with Gasteiger partial charge in [-0.25, -0.2) is 0 Å². The van der Waals surface area contributed by atoms with Gasteiger partial charge in [0.05, 0.1) is 17.7 Å². The Labute approximate surface area is 166 Å². The summed E-state index contributed by atoms with van der Waals surface area (Å²) in [6.45, 7) is 12.3. The van der Waals surface area contributed by atoms with Crippen molar-refractivity contribution in [3.63, 3.8) is 0 Å². The summed E-state index contributed by atoms with van der Waals surface area (Å²) < 4.78 is 6.24. The smallest absolute Gasteiger partial charge is 0.261 e. The number of fused-ring (bicyclic) bond motifs is 1. The lowest BCUT2D eigenvalue weighted by Crippen LogP contribution is -2.41. The molecule has 0 atom stereocenters. The first-order valence-corrected chi connectivity index (χ1v) is 13.0. The van der Waals surface area contributed by atoms with Crippen LogP contribution in [0.1, 0.15) is 51.9 Å². The summed E-state index contributed by atoms with van der Waals surface area (Å²) in [5.74, 6) is -0.404. The van der Waals surface area contributed by atoms with Gasteiger partial charge in [-0.1, -0.05) is 32.9 Å². The van der Waals surface area contributed by atoms with E-state index >= 15 is 0 Å². The normalized spacial score (nSPS) is 14.8. The Kier molecular flexibility index (Phi) is 5.43. The van der Waals surface area contributed by atoms with Crippen molar-refractivity contribution in [1.29, 1.82) is 0 Å². The van der Waals surface area contributed by atoms with E-state index in [2.05, 4.69) is 45.3 Å². The predicted molar refractivity (Wildman–Crippen MR) is 112 cm³/mol. The molecule has 0 fully saturated rings. The van der Waals surface area contributed by atoms with Crippen molar-refractivity contribution in [3.8, 4) is 0 Å². The van der Waals surface area contributed by atoms with Gasteiger partial charge in [-0.2, -0.15) is 0 Å². The minimum absolute atomic E-state index is 0.202. The number of hydrogen-bond acceptors (Lipinski definition) is 4. The van der Waals surface area contributed by atoms with Crippen LogP contribution in [0.4, 0.5) is 0 Å². The molecule has 2 heterocycles. The van der Waals surface area contributed by atoms with Crippen LogP contribution in [0, 0.1) is 0 Å². The molecule has 144 valence electrons. The van der Waals surface area contributed by atoms with Crippen LogP contribution in [-0.4, -0.2) is 31.6 Å². The van der Waals surface area contributed by atoms with Crippen LogP contribution in [0.15, 0.2) is 35.7 Å². The fourth-order valence-corrected chi connectivity index (χ4v) is 4.78. The second-order valence-electron chi connectivity index (χ2n) is 8.52. The van der Waals surface area contributed by atoms with Crippen LogP contribution < -0.4 is 0 Å². The molecule has 1 aromatic heterocycles. The van der Waals surface area contributed by atoms with E-state index in [0.717, 1.165) is 11.3 Å². The third-order valence-corrected chi connectivity index (χ3v) is 11.1. The van der Waals surface area contributed by atoms with Gasteiger partial charge in [-0.05, 0) is 53.7 Å². The van der Waals surface area contributed by atoms with E-state index in [1.165, 1.54) is 10.5 Å². The number of hydrogen-bond donors (Lipinski definition) is 0. The molecular formula is C21H27NO3SSi. The maximum Gasteiger partial charge on any atom is 0.261 e. The first-order chi connectivity index (χ1) is 12.6. The van der Waals surface area contributed by atoms with Gasteiger partial charge in [-0.15, -0.1) is 11.3 Å². The van der Waals surface area contributed by atoms with Crippen molar-refractivity contribution in [2.24, 2.45) is 0 Å². The molecular weight excluding hydrogens is 374 g/mol. The van der Waals surface area contributed by atoms with Crippen molar-refractivity contribution < 1.29 is 14.0 Å². The highest BCUT2D eigenvalue weighted by Crippen LogP contribution is 2.36. The number of rotatable bonds is 6. The zero-order chi connectivity index (χ0) is 19.8. The second kappa shape index (κ2) is 7.34. The van der Waals surface area contributed by atoms with E-state index in [0.29, 0.717) is 24.3 Å². The summed E-state index contributed by atoms with van der Waals surface area (Å²) >= 11 is 1.59. The van der Waals surface area contributed by atoms with Gasteiger partial charge in [0.25, 0.3) is 11.8 Å². The molecule has 2 amide bonds. The standard InChI is InChI=1S/C21H27NO3SSi/c1-21(2,3)27(4,5)25-11-10-15-12-16(26-14-15)13-22-19(23)17-8-6-7-9-18(17)20(22)24/h6-9,12,14H,10-11,13H2,1-5H3. The van der Waals surface area contributed by atoms with Gasteiger partial charge < -0.3 is 4.43 Å². The molecule has 0 spiro atoms. The molecule has 1 aliphatic rings. The van der Waals surface area contributed by atoms with Crippen LogP contribution in [0.3, 0.4) is 0 Å². The minimum Gasteiger partial charge on any atom is -0.416 e. The Morgan fingerprint density at radius 2 is 1.67 bits per heavy atom. The number of carbonyl (C=O) groups excluding carboxylic acids is 2. The van der Waals surface area contributed by atoms with Crippen LogP contribution in [0.5, 0.6) is 0 Å². The topological polar surface area (TPSA) is 46.6 Å². The van der Waals surface area contributed by atoms with Crippen molar-refractivity contribution in [3.05, 3.63) is 57.3 Å². The van der Waals surface area contributed by atoms with E-state index in [4.69, 9.17) is 4.43 Å². The van der Waals surface area contributed by atoms with Gasteiger partial charge in [-0.3, -0.25) is 14.5 Å². The van der Waals surface area contributed by atoms with Gasteiger partial charge in [0.15, 0.2) is 8.32 Å². The van der Waals surface area contributed by atoms with Crippen LogP contribution in [0.25, 0.3) is 0 Å². The molecule has 0 unspecified atom stereocenters. The molecule has 6 heteroatoms. The number of imide groups is 1. The Balaban J connectivity index is 1.59. The van der Waals surface area contributed by atoms with E-state index in [1.807, 2.05) is 0 Å². The average Bonchev–Trinajstić information content (AvgIpc) is 3.13. The lowest BCUT2D eigenvalue weighted by atomic mass is 10.1. The molecule has 4 nitrogen and oxygen atoms in total. The first-order valence-electron chi connectivity index (χ1n) is 9.25. The molecule has 0 saturated heterocycles. The highest BCUT2D eigenvalue weighted by Gasteiger charge is 2.37. The summed E-state index contributed by atoms with van der Waals surface area (Å²) in [6.07, 6.45) is 0.852. The Bertz CT molecular complexity index is 831. The Morgan fingerprint density at radius 3 is 2.22 bits per heavy atom. The molecule has 0 radical (unpaired) electrons. The predicted octanol–water partition coefficient (Wildman–Crippen LogP) is 5.11. The van der Waals surface area contributed by atoms with Gasteiger partial charge >= 0.3 is 0 Å². The van der Waals surface area contributed by atoms with Gasteiger partial charge in [0.2, 0.25) is 0 Å². The van der Waals surface area contributed by atoms with Crippen LogP contribution >= 0.6 is 11.3 Å². The number of benzene rings is 1.